The summed E-state index contributed by atoms with van der Waals surface area (Å²) in [6.07, 6.45) is 1.39. The maximum atomic E-state index is 14.2. The third-order valence-electron chi connectivity index (χ3n) is 7.86. The third-order valence-corrected chi connectivity index (χ3v) is 7.86. The van der Waals surface area contributed by atoms with Gasteiger partial charge >= 0.3 is 0 Å². The van der Waals surface area contributed by atoms with Crippen LogP contribution in [0.4, 0.5) is 14.6 Å². The highest BCUT2D eigenvalue weighted by Gasteiger charge is 2.37. The van der Waals surface area contributed by atoms with Crippen molar-refractivity contribution in [2.75, 3.05) is 24.6 Å². The van der Waals surface area contributed by atoms with Gasteiger partial charge in [-0.05, 0) is 82.5 Å². The van der Waals surface area contributed by atoms with Crippen molar-refractivity contribution in [3.05, 3.63) is 89.4 Å². The molecule has 1 aliphatic heterocycles. The van der Waals surface area contributed by atoms with Crippen molar-refractivity contribution in [2.45, 2.75) is 52.1 Å². The van der Waals surface area contributed by atoms with Crippen LogP contribution in [0.5, 0.6) is 5.75 Å². The van der Waals surface area contributed by atoms with E-state index in [4.69, 9.17) is 4.74 Å². The number of fused-ring (bicyclic) bond motifs is 1. The van der Waals surface area contributed by atoms with Crippen LogP contribution in [-0.4, -0.2) is 39.6 Å². The van der Waals surface area contributed by atoms with Crippen LogP contribution >= 0.6 is 0 Å². The van der Waals surface area contributed by atoms with E-state index in [9.17, 15) is 13.9 Å². The summed E-state index contributed by atoms with van der Waals surface area (Å²) in [6, 6.07) is 14.1. The molecule has 0 unspecified atom stereocenters. The summed E-state index contributed by atoms with van der Waals surface area (Å²) in [6.45, 7) is 13.0. The van der Waals surface area contributed by atoms with Crippen molar-refractivity contribution in [1.82, 2.24) is 14.8 Å². The fraction of sp³-hybridized carbons (Fsp3) is 0.355. The highest BCUT2D eigenvalue weighted by molar-refractivity contribution is 5.98. The summed E-state index contributed by atoms with van der Waals surface area (Å²) in [5.74, 6) is -1.55. The van der Waals surface area contributed by atoms with Crippen molar-refractivity contribution >= 4 is 16.6 Å². The first-order valence-electron chi connectivity index (χ1n) is 13.3. The second kappa shape index (κ2) is 10.1. The molecule has 1 saturated heterocycles. The molecule has 1 aliphatic rings. The Morgan fingerprint density at radius 2 is 1.69 bits per heavy atom. The van der Waals surface area contributed by atoms with Crippen LogP contribution < -0.4 is 9.64 Å². The number of benzene rings is 2. The molecule has 0 bridgehead atoms. The Kier molecular flexibility index (Phi) is 6.93. The fourth-order valence-corrected chi connectivity index (χ4v) is 5.75. The van der Waals surface area contributed by atoms with Crippen molar-refractivity contribution in [3.8, 4) is 11.4 Å². The van der Waals surface area contributed by atoms with Crippen molar-refractivity contribution in [3.63, 3.8) is 0 Å². The first kappa shape index (κ1) is 26.8. The largest absolute Gasteiger partial charge is 0.494 e. The molecule has 6 nitrogen and oxygen atoms in total. The Hall–Kier alpha value is -3.78. The van der Waals surface area contributed by atoms with E-state index in [1.54, 1.807) is 12.1 Å². The number of anilines is 1. The predicted octanol–water partition coefficient (Wildman–Crippen LogP) is 6.51. The van der Waals surface area contributed by atoms with E-state index in [1.807, 2.05) is 38.1 Å². The van der Waals surface area contributed by atoms with Crippen LogP contribution in [-0.2, 0) is 11.5 Å². The molecule has 0 aliphatic carbocycles. The maximum absolute atomic E-state index is 14.2. The Morgan fingerprint density at radius 3 is 2.33 bits per heavy atom. The van der Waals surface area contributed by atoms with Gasteiger partial charge in [0.25, 0.3) is 5.92 Å². The lowest BCUT2D eigenvalue weighted by molar-refractivity contribution is 0.0106. The van der Waals surface area contributed by atoms with Crippen LogP contribution in [0.15, 0.2) is 61.2 Å². The number of piperidine rings is 1. The molecule has 0 amide bonds. The molecule has 1 fully saturated rings. The molecule has 2 aromatic heterocycles. The highest BCUT2D eigenvalue weighted by atomic mass is 19.3. The first-order chi connectivity index (χ1) is 18.6. The standard InChI is InChI=1S/C31H34F2N4O2/c1-6-31(32,33)24-10-8-9-23(19-24)30(38)15-17-36(18-16-30)29-28-22(5)37(21(4)27(28)20(3)34-35-29)25-11-13-26(14-12-25)39-7-2/h6,8-14,19,38H,1,7,15-18H2,2-5H3. The van der Waals surface area contributed by atoms with Crippen LogP contribution in [0.2, 0.25) is 0 Å². The zero-order valence-electron chi connectivity index (χ0n) is 22.8. The van der Waals surface area contributed by atoms with E-state index in [1.165, 1.54) is 12.1 Å². The number of allylic oxidation sites excluding steroid dienone is 1. The lowest BCUT2D eigenvalue weighted by atomic mass is 9.83. The summed E-state index contributed by atoms with van der Waals surface area (Å²) in [4.78, 5) is 2.14. The number of aryl methyl sites for hydroxylation is 3. The van der Waals surface area contributed by atoms with Gasteiger partial charge in [-0.2, -0.15) is 13.9 Å². The Morgan fingerprint density at radius 1 is 1.03 bits per heavy atom. The average molecular weight is 533 g/mol. The number of aromatic nitrogens is 3. The van der Waals surface area contributed by atoms with Crippen molar-refractivity contribution in [2.24, 2.45) is 0 Å². The molecular weight excluding hydrogens is 498 g/mol. The summed E-state index contributed by atoms with van der Waals surface area (Å²) < 4.78 is 36.3. The lowest BCUT2D eigenvalue weighted by Crippen LogP contribution is -2.43. The molecule has 8 heteroatoms. The van der Waals surface area contributed by atoms with Crippen molar-refractivity contribution in [1.29, 1.82) is 0 Å². The number of aliphatic hydroxyl groups is 1. The topological polar surface area (TPSA) is 63.4 Å². The van der Waals surface area contributed by atoms with Crippen LogP contribution in [0.3, 0.4) is 0 Å². The van der Waals surface area contributed by atoms with Crippen LogP contribution in [0.25, 0.3) is 16.5 Å². The summed E-state index contributed by atoms with van der Waals surface area (Å²) in [7, 11) is 0. The van der Waals surface area contributed by atoms with Gasteiger partial charge in [0, 0.05) is 46.5 Å². The smallest absolute Gasteiger partial charge is 0.291 e. The maximum Gasteiger partial charge on any atom is 0.291 e. The van der Waals surface area contributed by atoms with Gasteiger partial charge in [-0.1, -0.05) is 24.8 Å². The second-order valence-corrected chi connectivity index (χ2v) is 10.2. The monoisotopic (exact) mass is 532 g/mol. The minimum atomic E-state index is -3.15. The molecule has 204 valence electrons. The van der Waals surface area contributed by atoms with E-state index in [2.05, 4.69) is 40.1 Å². The zero-order valence-corrected chi connectivity index (χ0v) is 22.8. The summed E-state index contributed by atoms with van der Waals surface area (Å²) >= 11 is 0. The van der Waals surface area contributed by atoms with Gasteiger partial charge < -0.3 is 19.3 Å². The van der Waals surface area contributed by atoms with Gasteiger partial charge in [0.1, 0.15) is 5.75 Å². The van der Waals surface area contributed by atoms with Gasteiger partial charge in [-0.3, -0.25) is 0 Å². The van der Waals surface area contributed by atoms with E-state index >= 15 is 0 Å². The highest BCUT2D eigenvalue weighted by Crippen LogP contribution is 2.40. The average Bonchev–Trinajstić information content (AvgIpc) is 3.21. The number of ether oxygens (including phenoxy) is 1. The molecule has 0 saturated carbocycles. The Labute approximate surface area is 227 Å². The molecule has 5 rings (SSSR count). The van der Waals surface area contributed by atoms with Crippen molar-refractivity contribution < 1.29 is 18.6 Å². The molecule has 3 heterocycles. The number of nitrogens with zero attached hydrogens (tertiary/aromatic N) is 4. The number of rotatable bonds is 7. The van der Waals surface area contributed by atoms with Crippen LogP contribution in [0.1, 0.15) is 48.0 Å². The predicted molar refractivity (Wildman–Crippen MR) is 150 cm³/mol. The minimum Gasteiger partial charge on any atom is -0.494 e. The van der Waals surface area contributed by atoms with Crippen LogP contribution in [0, 0.1) is 20.8 Å². The molecule has 4 aromatic rings. The number of alkyl halides is 2. The Balaban J connectivity index is 1.47. The molecule has 39 heavy (non-hydrogen) atoms. The van der Waals surface area contributed by atoms with E-state index in [-0.39, 0.29) is 5.56 Å². The number of hydrogen-bond acceptors (Lipinski definition) is 5. The fourth-order valence-electron chi connectivity index (χ4n) is 5.75. The summed E-state index contributed by atoms with van der Waals surface area (Å²) in [5.41, 5.74) is 3.13. The minimum absolute atomic E-state index is 0.168. The molecule has 0 atom stereocenters. The van der Waals surface area contributed by atoms with E-state index in [0.717, 1.165) is 45.1 Å². The molecular formula is C31H34F2N4O2. The quantitative estimate of drug-likeness (QED) is 0.275. The number of halogens is 2. The van der Waals surface area contributed by atoms with E-state index < -0.39 is 11.5 Å². The Bertz CT molecular complexity index is 1520. The van der Waals surface area contributed by atoms with Gasteiger partial charge in [-0.25, -0.2) is 0 Å². The SMILES string of the molecule is C=CC(F)(F)c1cccc(C2(O)CCN(c3nnc(C)c4c(C)n(-c5ccc(OCC)cc5)c(C)c34)CC2)c1. The molecule has 0 radical (unpaired) electrons. The second-order valence-electron chi connectivity index (χ2n) is 10.2. The van der Waals surface area contributed by atoms with Gasteiger partial charge in [-0.15, -0.1) is 5.10 Å². The lowest BCUT2D eigenvalue weighted by Gasteiger charge is -2.39. The van der Waals surface area contributed by atoms with Gasteiger partial charge in [0.2, 0.25) is 0 Å². The molecule has 0 spiro atoms. The van der Waals surface area contributed by atoms with Gasteiger partial charge in [0.05, 0.1) is 17.9 Å². The zero-order chi connectivity index (χ0) is 27.9. The number of hydrogen-bond donors (Lipinski definition) is 1. The normalized spacial score (nSPS) is 15.5. The first-order valence-corrected chi connectivity index (χ1v) is 13.3. The van der Waals surface area contributed by atoms with Gasteiger partial charge in [0.15, 0.2) is 5.82 Å². The van der Waals surface area contributed by atoms with E-state index in [0.29, 0.717) is 44.2 Å². The molecule has 1 N–H and O–H groups in total. The molecule has 2 aromatic carbocycles. The third kappa shape index (κ3) is 4.67. The summed E-state index contributed by atoms with van der Waals surface area (Å²) in [5, 5.41) is 22.7.